The van der Waals surface area contributed by atoms with Gasteiger partial charge in [-0.05, 0) is 42.9 Å². The van der Waals surface area contributed by atoms with Crippen LogP contribution in [0.2, 0.25) is 0 Å². The molecule has 1 aromatic rings. The highest BCUT2D eigenvalue weighted by molar-refractivity contribution is 5.97. The monoisotopic (exact) mass is 265 g/mol. The molecule has 0 aliphatic heterocycles. The summed E-state index contributed by atoms with van der Waals surface area (Å²) in [4.78, 5) is 12.1. The number of aromatic hydroxyl groups is 1. The van der Waals surface area contributed by atoms with Crippen molar-refractivity contribution in [2.75, 3.05) is 13.2 Å². The minimum absolute atomic E-state index is 0.0306. The van der Waals surface area contributed by atoms with Crippen LogP contribution in [0.15, 0.2) is 12.1 Å². The van der Waals surface area contributed by atoms with Crippen LogP contribution in [0.4, 0.5) is 0 Å². The fraction of sp³-hybridized carbons (Fsp3) is 0.533. The van der Waals surface area contributed by atoms with Gasteiger partial charge in [0.05, 0.1) is 5.56 Å². The Morgan fingerprint density at radius 3 is 2.53 bits per heavy atom. The summed E-state index contributed by atoms with van der Waals surface area (Å²) in [5.41, 5.74) is 1.77. The van der Waals surface area contributed by atoms with E-state index in [4.69, 9.17) is 5.11 Å². The lowest BCUT2D eigenvalue weighted by Gasteiger charge is -2.24. The quantitative estimate of drug-likeness (QED) is 0.764. The van der Waals surface area contributed by atoms with Gasteiger partial charge in [-0.1, -0.05) is 19.9 Å². The molecule has 1 aromatic carbocycles. The van der Waals surface area contributed by atoms with E-state index in [1.165, 1.54) is 0 Å². The fourth-order valence-corrected chi connectivity index (χ4v) is 1.94. The van der Waals surface area contributed by atoms with Gasteiger partial charge in [0, 0.05) is 13.2 Å². The second kappa shape index (κ2) is 6.06. The van der Waals surface area contributed by atoms with Crippen molar-refractivity contribution in [2.45, 2.75) is 34.1 Å². The summed E-state index contributed by atoms with van der Waals surface area (Å²) < 4.78 is 0. The zero-order valence-corrected chi connectivity index (χ0v) is 12.1. The molecule has 0 spiro atoms. The highest BCUT2D eigenvalue weighted by Gasteiger charge is 2.20. The van der Waals surface area contributed by atoms with Gasteiger partial charge in [0.25, 0.3) is 5.91 Å². The molecule has 19 heavy (non-hydrogen) atoms. The predicted molar refractivity (Wildman–Crippen MR) is 75.4 cm³/mol. The van der Waals surface area contributed by atoms with Gasteiger partial charge in [-0.3, -0.25) is 4.79 Å². The van der Waals surface area contributed by atoms with Gasteiger partial charge in [0.2, 0.25) is 0 Å². The number of benzene rings is 1. The van der Waals surface area contributed by atoms with Gasteiger partial charge in [-0.2, -0.15) is 0 Å². The zero-order valence-electron chi connectivity index (χ0n) is 12.1. The van der Waals surface area contributed by atoms with Gasteiger partial charge in [0.15, 0.2) is 0 Å². The Morgan fingerprint density at radius 2 is 1.95 bits per heavy atom. The van der Waals surface area contributed by atoms with Crippen LogP contribution >= 0.6 is 0 Å². The lowest BCUT2D eigenvalue weighted by Crippen LogP contribution is -2.34. The third kappa shape index (κ3) is 4.24. The number of carbonyl (C=O) groups excluding carboxylic acids is 1. The smallest absolute Gasteiger partial charge is 0.255 e. The molecule has 1 rings (SSSR count). The molecule has 4 heteroatoms. The summed E-state index contributed by atoms with van der Waals surface area (Å²) in [6.45, 7) is 8.17. The standard InChI is InChI=1S/C15H23NO3/c1-10-7-11(2)13(18)12(8-10)14(19)16-9-15(3,4)5-6-17/h7-8,17-18H,5-6,9H2,1-4H3,(H,16,19). The Kier molecular flexibility index (Phi) is 4.95. The maximum atomic E-state index is 12.1. The first-order valence-electron chi connectivity index (χ1n) is 6.46. The maximum absolute atomic E-state index is 12.1. The minimum Gasteiger partial charge on any atom is -0.507 e. The number of carbonyl (C=O) groups is 1. The Bertz CT molecular complexity index is 467. The van der Waals surface area contributed by atoms with E-state index in [0.29, 0.717) is 24.1 Å². The van der Waals surface area contributed by atoms with Crippen molar-refractivity contribution < 1.29 is 15.0 Å². The normalized spacial score (nSPS) is 11.4. The van der Waals surface area contributed by atoms with Crippen LogP contribution in [0.1, 0.15) is 41.8 Å². The largest absolute Gasteiger partial charge is 0.507 e. The fourth-order valence-electron chi connectivity index (χ4n) is 1.94. The Hall–Kier alpha value is -1.55. The average molecular weight is 265 g/mol. The number of hydrogen-bond donors (Lipinski definition) is 3. The van der Waals surface area contributed by atoms with Crippen LogP contribution < -0.4 is 5.32 Å². The molecule has 4 nitrogen and oxygen atoms in total. The molecule has 1 amide bonds. The van der Waals surface area contributed by atoms with Crippen molar-refractivity contribution in [2.24, 2.45) is 5.41 Å². The molecule has 0 aliphatic rings. The zero-order chi connectivity index (χ0) is 14.6. The van der Waals surface area contributed by atoms with E-state index < -0.39 is 0 Å². The van der Waals surface area contributed by atoms with E-state index in [1.54, 1.807) is 13.0 Å². The maximum Gasteiger partial charge on any atom is 0.255 e. The van der Waals surface area contributed by atoms with Crippen LogP contribution in [0.25, 0.3) is 0 Å². The van der Waals surface area contributed by atoms with Gasteiger partial charge in [-0.15, -0.1) is 0 Å². The van der Waals surface area contributed by atoms with Crippen LogP contribution in [0.3, 0.4) is 0 Å². The Balaban J connectivity index is 2.80. The molecule has 0 unspecified atom stereocenters. The topological polar surface area (TPSA) is 69.6 Å². The third-order valence-electron chi connectivity index (χ3n) is 3.21. The summed E-state index contributed by atoms with van der Waals surface area (Å²) >= 11 is 0. The molecule has 0 radical (unpaired) electrons. The number of phenolic OH excluding ortho intramolecular Hbond substituents is 1. The van der Waals surface area contributed by atoms with Crippen molar-refractivity contribution in [1.29, 1.82) is 0 Å². The average Bonchev–Trinajstić information content (AvgIpc) is 2.31. The van der Waals surface area contributed by atoms with E-state index >= 15 is 0 Å². The molecule has 0 heterocycles. The molecule has 0 saturated heterocycles. The summed E-state index contributed by atoms with van der Waals surface area (Å²) in [5.74, 6) is -0.252. The Morgan fingerprint density at radius 1 is 1.32 bits per heavy atom. The van der Waals surface area contributed by atoms with Crippen molar-refractivity contribution >= 4 is 5.91 Å². The highest BCUT2D eigenvalue weighted by Crippen LogP contribution is 2.24. The first-order chi connectivity index (χ1) is 8.76. The minimum atomic E-state index is -0.282. The number of aliphatic hydroxyl groups excluding tert-OH is 1. The summed E-state index contributed by atoms with van der Waals surface area (Å²) in [6, 6.07) is 3.51. The van der Waals surface area contributed by atoms with Crippen molar-refractivity contribution in [3.63, 3.8) is 0 Å². The molecule has 0 fully saturated rings. The van der Waals surface area contributed by atoms with E-state index in [2.05, 4.69) is 5.32 Å². The van der Waals surface area contributed by atoms with Crippen molar-refractivity contribution in [3.8, 4) is 5.75 Å². The third-order valence-corrected chi connectivity index (χ3v) is 3.21. The number of hydrogen-bond acceptors (Lipinski definition) is 3. The van der Waals surface area contributed by atoms with Crippen LogP contribution in [0.5, 0.6) is 5.75 Å². The molecule has 0 bridgehead atoms. The molecule has 0 saturated carbocycles. The summed E-state index contributed by atoms with van der Waals surface area (Å²) in [5, 5.41) is 21.7. The van der Waals surface area contributed by atoms with E-state index in [9.17, 15) is 9.90 Å². The second-order valence-electron chi connectivity index (χ2n) is 5.80. The number of aryl methyl sites for hydroxylation is 2. The molecular formula is C15H23NO3. The van der Waals surface area contributed by atoms with Crippen LogP contribution in [-0.4, -0.2) is 29.3 Å². The Labute approximate surface area is 114 Å². The lowest BCUT2D eigenvalue weighted by atomic mass is 9.89. The van der Waals surface area contributed by atoms with Crippen molar-refractivity contribution in [1.82, 2.24) is 5.32 Å². The number of phenols is 1. The number of nitrogens with one attached hydrogen (secondary N) is 1. The van der Waals surface area contributed by atoms with Gasteiger partial charge in [0.1, 0.15) is 5.75 Å². The van der Waals surface area contributed by atoms with Crippen molar-refractivity contribution in [3.05, 3.63) is 28.8 Å². The molecule has 3 N–H and O–H groups in total. The van der Waals surface area contributed by atoms with Crippen LogP contribution in [0, 0.1) is 19.3 Å². The first-order valence-corrected chi connectivity index (χ1v) is 6.46. The van der Waals surface area contributed by atoms with Gasteiger partial charge in [-0.25, -0.2) is 0 Å². The number of aliphatic hydroxyl groups is 1. The first kappa shape index (κ1) is 15.5. The van der Waals surface area contributed by atoms with E-state index in [-0.39, 0.29) is 23.7 Å². The summed E-state index contributed by atoms with van der Waals surface area (Å²) in [6.07, 6.45) is 0.617. The predicted octanol–water partition coefficient (Wildman–Crippen LogP) is 2.15. The van der Waals surface area contributed by atoms with Crippen LogP contribution in [-0.2, 0) is 0 Å². The van der Waals surface area contributed by atoms with E-state index in [0.717, 1.165) is 5.56 Å². The number of rotatable bonds is 5. The molecule has 0 aliphatic carbocycles. The SMILES string of the molecule is Cc1cc(C)c(O)c(C(=O)NCC(C)(C)CCO)c1. The summed E-state index contributed by atoms with van der Waals surface area (Å²) in [7, 11) is 0. The molecule has 0 aromatic heterocycles. The molecule has 0 atom stereocenters. The number of amides is 1. The highest BCUT2D eigenvalue weighted by atomic mass is 16.3. The lowest BCUT2D eigenvalue weighted by molar-refractivity contribution is 0.0925. The van der Waals surface area contributed by atoms with E-state index in [1.807, 2.05) is 26.8 Å². The second-order valence-corrected chi connectivity index (χ2v) is 5.80. The molecular weight excluding hydrogens is 242 g/mol. The molecule has 106 valence electrons. The van der Waals surface area contributed by atoms with Gasteiger partial charge >= 0.3 is 0 Å². The van der Waals surface area contributed by atoms with Gasteiger partial charge < -0.3 is 15.5 Å².